The predicted octanol–water partition coefficient (Wildman–Crippen LogP) is 2.63. The molecule has 1 N–H and O–H groups in total. The van der Waals surface area contributed by atoms with Gasteiger partial charge in [-0.3, -0.25) is 9.52 Å². The molecule has 5 nitrogen and oxygen atoms in total. The van der Waals surface area contributed by atoms with E-state index in [0.29, 0.717) is 25.0 Å². The second-order valence-electron chi connectivity index (χ2n) is 5.14. The van der Waals surface area contributed by atoms with Crippen molar-refractivity contribution in [3.8, 4) is 0 Å². The first-order chi connectivity index (χ1) is 10.6. The molecular formula is C14H15F3N2O3S. The molecule has 1 saturated heterocycles. The first-order valence-electron chi connectivity index (χ1n) is 6.76. The predicted molar refractivity (Wildman–Crippen MR) is 78.8 cm³/mol. The zero-order chi connectivity index (χ0) is 17.3. The maximum Gasteiger partial charge on any atom is 0.516 e. The van der Waals surface area contributed by atoms with Crippen LogP contribution < -0.4 is 4.72 Å². The Bertz CT molecular complexity index is 729. The Hall–Kier alpha value is -2.03. The van der Waals surface area contributed by atoms with E-state index >= 15 is 0 Å². The maximum absolute atomic E-state index is 12.5. The number of nitrogens with zero attached hydrogens (tertiary/aromatic N) is 1. The lowest BCUT2D eigenvalue weighted by molar-refractivity contribution is -0.129. The van der Waals surface area contributed by atoms with Crippen molar-refractivity contribution in [2.75, 3.05) is 11.3 Å². The first-order valence-corrected chi connectivity index (χ1v) is 8.24. The van der Waals surface area contributed by atoms with Crippen LogP contribution in [0.2, 0.25) is 0 Å². The van der Waals surface area contributed by atoms with E-state index in [4.69, 9.17) is 0 Å². The molecule has 1 amide bonds. The Labute approximate surface area is 131 Å². The highest BCUT2D eigenvalue weighted by atomic mass is 32.2. The van der Waals surface area contributed by atoms with E-state index in [2.05, 4.69) is 6.58 Å². The zero-order valence-corrected chi connectivity index (χ0v) is 12.9. The molecular weight excluding hydrogens is 333 g/mol. The summed E-state index contributed by atoms with van der Waals surface area (Å²) in [6.07, 6.45) is 1.29. The average molecular weight is 348 g/mol. The van der Waals surface area contributed by atoms with Crippen LogP contribution in [0.3, 0.4) is 0 Å². The highest BCUT2D eigenvalue weighted by molar-refractivity contribution is 7.93. The molecule has 0 spiro atoms. The van der Waals surface area contributed by atoms with E-state index in [9.17, 15) is 26.4 Å². The molecule has 23 heavy (non-hydrogen) atoms. The summed E-state index contributed by atoms with van der Waals surface area (Å²) in [6, 6.07) is 5.67. The molecule has 0 aromatic heterocycles. The van der Waals surface area contributed by atoms with E-state index in [1.165, 1.54) is 27.8 Å². The number of amides is 1. The Balaban J connectivity index is 2.25. The molecule has 0 atom stereocenters. The number of alkyl halides is 3. The number of nitrogens with one attached hydrogen (secondary N) is 1. The number of halogens is 3. The third-order valence-corrected chi connectivity index (χ3v) is 4.52. The van der Waals surface area contributed by atoms with Gasteiger partial charge in [0.25, 0.3) is 0 Å². The van der Waals surface area contributed by atoms with Crippen molar-refractivity contribution in [2.45, 2.75) is 24.9 Å². The fourth-order valence-electron chi connectivity index (χ4n) is 2.23. The van der Waals surface area contributed by atoms with Crippen LogP contribution in [0, 0.1) is 0 Å². The number of carbonyl (C=O) groups is 1. The lowest BCUT2D eigenvalue weighted by atomic mass is 10.0. The zero-order valence-electron chi connectivity index (χ0n) is 12.1. The number of piperidine rings is 1. The molecule has 126 valence electrons. The van der Waals surface area contributed by atoms with Crippen LogP contribution in [-0.4, -0.2) is 31.3 Å². The summed E-state index contributed by atoms with van der Waals surface area (Å²) in [4.78, 5) is 13.4. The second-order valence-corrected chi connectivity index (χ2v) is 6.82. The van der Waals surface area contributed by atoms with Crippen LogP contribution in [0.4, 0.5) is 18.9 Å². The van der Waals surface area contributed by atoms with Gasteiger partial charge in [-0.05, 0) is 24.5 Å². The van der Waals surface area contributed by atoms with Crippen molar-refractivity contribution in [1.29, 1.82) is 0 Å². The smallest absolute Gasteiger partial charge is 0.335 e. The van der Waals surface area contributed by atoms with Crippen LogP contribution in [0.25, 0.3) is 0 Å². The largest absolute Gasteiger partial charge is 0.516 e. The molecule has 1 fully saturated rings. The Morgan fingerprint density at radius 3 is 2.57 bits per heavy atom. The van der Waals surface area contributed by atoms with Gasteiger partial charge >= 0.3 is 15.5 Å². The van der Waals surface area contributed by atoms with Crippen molar-refractivity contribution in [3.05, 3.63) is 42.0 Å². The molecule has 1 heterocycles. The molecule has 9 heteroatoms. The van der Waals surface area contributed by atoms with Gasteiger partial charge in [-0.2, -0.15) is 21.6 Å². The van der Waals surface area contributed by atoms with Crippen molar-refractivity contribution in [1.82, 2.24) is 4.90 Å². The number of benzene rings is 1. The van der Waals surface area contributed by atoms with Crippen LogP contribution in [0.1, 0.15) is 18.4 Å². The highest BCUT2D eigenvalue weighted by Gasteiger charge is 2.46. The monoisotopic (exact) mass is 348 g/mol. The maximum atomic E-state index is 12.5. The number of rotatable bonds is 4. The Morgan fingerprint density at radius 2 is 1.91 bits per heavy atom. The standard InChI is InChI=1S/C14H15F3N2O3S/c1-10-5-4-8-19(13(10)20)9-11-6-2-3-7-12(11)18-23(21,22)14(15,16)17/h2-3,6-7,18H,1,4-5,8-9H2. The third-order valence-electron chi connectivity index (χ3n) is 3.42. The van der Waals surface area contributed by atoms with E-state index < -0.39 is 15.5 Å². The van der Waals surface area contributed by atoms with Gasteiger partial charge in [0, 0.05) is 18.7 Å². The molecule has 1 aromatic carbocycles. The number of likely N-dealkylation sites (tertiary alicyclic amines) is 1. The average Bonchev–Trinajstić information content (AvgIpc) is 2.44. The summed E-state index contributed by atoms with van der Waals surface area (Å²) >= 11 is 0. The summed E-state index contributed by atoms with van der Waals surface area (Å²) < 4.78 is 61.5. The van der Waals surface area contributed by atoms with Crippen LogP contribution in [0.5, 0.6) is 0 Å². The van der Waals surface area contributed by atoms with Crippen molar-refractivity contribution in [2.24, 2.45) is 0 Å². The summed E-state index contributed by atoms with van der Waals surface area (Å²) in [5.74, 6) is -0.273. The van der Waals surface area contributed by atoms with Gasteiger partial charge in [0.1, 0.15) is 0 Å². The van der Waals surface area contributed by atoms with Crippen LogP contribution >= 0.6 is 0 Å². The lowest BCUT2D eigenvalue weighted by Gasteiger charge is -2.28. The fraction of sp³-hybridized carbons (Fsp3) is 0.357. The molecule has 0 radical (unpaired) electrons. The van der Waals surface area contributed by atoms with Gasteiger partial charge in [0.15, 0.2) is 0 Å². The minimum absolute atomic E-state index is 0.00834. The Morgan fingerprint density at radius 1 is 1.26 bits per heavy atom. The molecule has 2 rings (SSSR count). The van der Waals surface area contributed by atoms with Crippen molar-refractivity contribution < 1.29 is 26.4 Å². The Kier molecular flexibility index (Phi) is 4.69. The molecule has 0 aliphatic carbocycles. The topological polar surface area (TPSA) is 66.5 Å². The number of hydrogen-bond donors (Lipinski definition) is 1. The minimum Gasteiger partial charge on any atom is -0.335 e. The van der Waals surface area contributed by atoms with Gasteiger partial charge in [0.2, 0.25) is 5.91 Å². The summed E-state index contributed by atoms with van der Waals surface area (Å²) in [5, 5.41) is 0. The van der Waals surface area contributed by atoms with Crippen molar-refractivity contribution in [3.63, 3.8) is 0 Å². The first kappa shape index (κ1) is 17.3. The summed E-state index contributed by atoms with van der Waals surface area (Å²) in [5.41, 5.74) is -4.89. The summed E-state index contributed by atoms with van der Waals surface area (Å²) in [6.45, 7) is 4.10. The van der Waals surface area contributed by atoms with Crippen LogP contribution in [-0.2, 0) is 21.4 Å². The van der Waals surface area contributed by atoms with E-state index in [-0.39, 0.29) is 23.7 Å². The van der Waals surface area contributed by atoms with Crippen molar-refractivity contribution >= 4 is 21.6 Å². The lowest BCUT2D eigenvalue weighted by Crippen LogP contribution is -2.36. The van der Waals surface area contributed by atoms with E-state index in [1.54, 1.807) is 6.07 Å². The quantitative estimate of drug-likeness (QED) is 0.851. The van der Waals surface area contributed by atoms with Gasteiger partial charge in [-0.25, -0.2) is 0 Å². The third kappa shape index (κ3) is 3.84. The van der Waals surface area contributed by atoms with Gasteiger partial charge in [-0.1, -0.05) is 24.8 Å². The molecule has 1 aliphatic rings. The SMILES string of the molecule is C=C1CCCN(Cc2ccccc2NS(=O)(=O)C(F)(F)F)C1=O. The molecule has 0 bridgehead atoms. The molecule has 1 aromatic rings. The van der Waals surface area contributed by atoms with Gasteiger partial charge in [-0.15, -0.1) is 0 Å². The van der Waals surface area contributed by atoms with Gasteiger partial charge in [0.05, 0.1) is 5.69 Å². The number of para-hydroxylation sites is 1. The number of hydrogen-bond acceptors (Lipinski definition) is 3. The molecule has 0 saturated carbocycles. The highest BCUT2D eigenvalue weighted by Crippen LogP contribution is 2.28. The van der Waals surface area contributed by atoms with E-state index in [0.717, 1.165) is 0 Å². The van der Waals surface area contributed by atoms with Gasteiger partial charge < -0.3 is 4.90 Å². The number of anilines is 1. The molecule has 1 aliphatic heterocycles. The normalized spacial score (nSPS) is 16.6. The number of carbonyl (C=O) groups excluding carboxylic acids is 1. The van der Waals surface area contributed by atoms with Crippen LogP contribution in [0.15, 0.2) is 36.4 Å². The molecule has 0 unspecified atom stereocenters. The summed E-state index contributed by atoms with van der Waals surface area (Å²) in [7, 11) is -5.51. The number of sulfonamides is 1. The minimum atomic E-state index is -5.51. The second kappa shape index (κ2) is 6.23. The fourth-order valence-corrected chi connectivity index (χ4v) is 2.84. The van der Waals surface area contributed by atoms with E-state index in [1.807, 2.05) is 0 Å².